The summed E-state index contributed by atoms with van der Waals surface area (Å²) in [5.41, 5.74) is 2.96. The lowest BCUT2D eigenvalue weighted by Crippen LogP contribution is -2.01. The molecule has 0 aliphatic carbocycles. The third-order valence-electron chi connectivity index (χ3n) is 3.34. The molecule has 0 atom stereocenters. The Hall–Kier alpha value is -2.20. The molecular weight excluding hydrogens is 266 g/mol. The Bertz CT molecular complexity index is 584. The number of phenols is 1. The third-order valence-corrected chi connectivity index (χ3v) is 3.34. The van der Waals surface area contributed by atoms with Crippen molar-refractivity contribution in [1.82, 2.24) is 0 Å². The SMILES string of the molecule is COc1cccc(CNc2cccc(CCCO)c2)c1O. The predicted octanol–water partition coefficient (Wildman–Crippen LogP) is 2.94. The maximum absolute atomic E-state index is 10.0. The fourth-order valence-electron chi connectivity index (χ4n) is 2.19. The summed E-state index contributed by atoms with van der Waals surface area (Å²) in [6.45, 7) is 0.724. The van der Waals surface area contributed by atoms with Crippen LogP contribution < -0.4 is 10.1 Å². The number of aromatic hydroxyl groups is 1. The molecule has 0 spiro atoms. The van der Waals surface area contributed by atoms with Gasteiger partial charge in [-0.25, -0.2) is 0 Å². The second kappa shape index (κ2) is 7.55. The Morgan fingerprint density at radius 2 is 1.95 bits per heavy atom. The number of nitrogens with one attached hydrogen (secondary N) is 1. The maximum atomic E-state index is 10.0. The molecule has 21 heavy (non-hydrogen) atoms. The molecule has 0 aliphatic heterocycles. The fraction of sp³-hybridized carbons (Fsp3) is 0.294. The number of hydrogen-bond acceptors (Lipinski definition) is 4. The van der Waals surface area contributed by atoms with E-state index in [9.17, 15) is 5.11 Å². The Kier molecular flexibility index (Phi) is 5.46. The summed E-state index contributed by atoms with van der Waals surface area (Å²) in [5, 5.41) is 22.2. The molecule has 0 amide bonds. The molecular formula is C17H21NO3. The summed E-state index contributed by atoms with van der Waals surface area (Å²) >= 11 is 0. The van der Waals surface area contributed by atoms with Crippen LogP contribution in [0.1, 0.15) is 17.5 Å². The van der Waals surface area contributed by atoms with Gasteiger partial charge in [-0.3, -0.25) is 0 Å². The minimum Gasteiger partial charge on any atom is -0.504 e. The van der Waals surface area contributed by atoms with Crippen LogP contribution in [0.5, 0.6) is 11.5 Å². The highest BCUT2D eigenvalue weighted by molar-refractivity contribution is 5.50. The van der Waals surface area contributed by atoms with Gasteiger partial charge >= 0.3 is 0 Å². The number of ether oxygens (including phenoxy) is 1. The number of benzene rings is 2. The summed E-state index contributed by atoms with van der Waals surface area (Å²) in [6.07, 6.45) is 1.62. The van der Waals surface area contributed by atoms with Gasteiger partial charge in [0.15, 0.2) is 11.5 Å². The van der Waals surface area contributed by atoms with E-state index in [2.05, 4.69) is 11.4 Å². The number of rotatable bonds is 7. The lowest BCUT2D eigenvalue weighted by molar-refractivity contribution is 0.288. The standard InChI is InChI=1S/C17H21NO3/c1-21-16-9-3-7-14(17(16)20)12-18-15-8-2-5-13(11-15)6-4-10-19/h2-3,5,7-9,11,18-20H,4,6,10,12H2,1H3. The van der Waals surface area contributed by atoms with Gasteiger partial charge in [-0.05, 0) is 36.6 Å². The molecule has 0 fully saturated rings. The molecule has 2 aromatic carbocycles. The van der Waals surface area contributed by atoms with E-state index in [1.165, 1.54) is 12.7 Å². The normalized spacial score (nSPS) is 10.4. The van der Waals surface area contributed by atoms with Crippen molar-refractivity contribution in [3.8, 4) is 11.5 Å². The van der Waals surface area contributed by atoms with E-state index in [1.807, 2.05) is 30.3 Å². The van der Waals surface area contributed by atoms with Crippen LogP contribution >= 0.6 is 0 Å². The van der Waals surface area contributed by atoms with Gasteiger partial charge in [-0.2, -0.15) is 0 Å². The van der Waals surface area contributed by atoms with Gasteiger partial charge in [0.05, 0.1) is 7.11 Å². The monoisotopic (exact) mass is 287 g/mol. The van der Waals surface area contributed by atoms with Crippen molar-refractivity contribution in [2.45, 2.75) is 19.4 Å². The molecule has 112 valence electrons. The first-order valence-corrected chi connectivity index (χ1v) is 7.03. The zero-order valence-corrected chi connectivity index (χ0v) is 12.2. The van der Waals surface area contributed by atoms with E-state index in [1.54, 1.807) is 6.07 Å². The molecule has 0 saturated carbocycles. The molecule has 0 aliphatic rings. The fourth-order valence-corrected chi connectivity index (χ4v) is 2.19. The topological polar surface area (TPSA) is 61.7 Å². The molecule has 4 nitrogen and oxygen atoms in total. The highest BCUT2D eigenvalue weighted by Crippen LogP contribution is 2.29. The van der Waals surface area contributed by atoms with Gasteiger partial charge in [0.2, 0.25) is 0 Å². The van der Waals surface area contributed by atoms with Crippen LogP contribution in [-0.4, -0.2) is 23.9 Å². The Labute approximate surface area is 125 Å². The highest BCUT2D eigenvalue weighted by Gasteiger charge is 2.06. The van der Waals surface area contributed by atoms with Crippen molar-refractivity contribution in [3.63, 3.8) is 0 Å². The highest BCUT2D eigenvalue weighted by atomic mass is 16.5. The van der Waals surface area contributed by atoms with E-state index in [0.717, 1.165) is 24.1 Å². The van der Waals surface area contributed by atoms with Crippen LogP contribution in [0.3, 0.4) is 0 Å². The Morgan fingerprint density at radius 1 is 1.14 bits per heavy atom. The van der Waals surface area contributed by atoms with Crippen molar-refractivity contribution in [2.75, 3.05) is 19.0 Å². The minimum absolute atomic E-state index is 0.170. The largest absolute Gasteiger partial charge is 0.504 e. The van der Waals surface area contributed by atoms with Crippen molar-refractivity contribution < 1.29 is 14.9 Å². The number of para-hydroxylation sites is 1. The summed E-state index contributed by atoms with van der Waals surface area (Å²) in [5.74, 6) is 0.648. The van der Waals surface area contributed by atoms with Crippen LogP contribution in [0, 0.1) is 0 Å². The number of phenolic OH excluding ortho intramolecular Hbond substituents is 1. The van der Waals surface area contributed by atoms with Crippen molar-refractivity contribution >= 4 is 5.69 Å². The van der Waals surface area contributed by atoms with Gasteiger partial charge < -0.3 is 20.3 Å². The van der Waals surface area contributed by atoms with Crippen LogP contribution in [0.2, 0.25) is 0 Å². The van der Waals surface area contributed by atoms with Gasteiger partial charge in [0.1, 0.15) is 0 Å². The molecule has 2 aromatic rings. The zero-order valence-electron chi connectivity index (χ0n) is 12.2. The third kappa shape index (κ3) is 4.13. The van der Waals surface area contributed by atoms with Crippen LogP contribution in [0.25, 0.3) is 0 Å². The van der Waals surface area contributed by atoms with Gasteiger partial charge in [0.25, 0.3) is 0 Å². The van der Waals surface area contributed by atoms with E-state index in [0.29, 0.717) is 12.3 Å². The summed E-state index contributed by atoms with van der Waals surface area (Å²) in [7, 11) is 1.54. The molecule has 4 heteroatoms. The molecule has 0 unspecified atom stereocenters. The number of aliphatic hydroxyl groups is 1. The second-order valence-electron chi connectivity index (χ2n) is 4.85. The van der Waals surface area contributed by atoms with Crippen LogP contribution in [0.4, 0.5) is 5.69 Å². The maximum Gasteiger partial charge on any atom is 0.162 e. The van der Waals surface area contributed by atoms with Gasteiger partial charge in [-0.1, -0.05) is 24.3 Å². The first kappa shape index (κ1) is 15.2. The number of aryl methyl sites for hydroxylation is 1. The molecule has 0 aromatic heterocycles. The Balaban J connectivity index is 2.03. The average molecular weight is 287 g/mol. The lowest BCUT2D eigenvalue weighted by Gasteiger charge is -2.11. The number of anilines is 1. The van der Waals surface area contributed by atoms with Crippen molar-refractivity contribution in [2.24, 2.45) is 0 Å². The van der Waals surface area contributed by atoms with E-state index in [-0.39, 0.29) is 12.4 Å². The molecule has 0 radical (unpaired) electrons. The molecule has 0 heterocycles. The van der Waals surface area contributed by atoms with Crippen LogP contribution in [0.15, 0.2) is 42.5 Å². The molecule has 0 bridgehead atoms. The molecule has 3 N–H and O–H groups in total. The first-order valence-electron chi connectivity index (χ1n) is 7.03. The smallest absolute Gasteiger partial charge is 0.162 e. The Morgan fingerprint density at radius 3 is 2.71 bits per heavy atom. The summed E-state index contributed by atoms with van der Waals surface area (Å²) < 4.78 is 5.10. The van der Waals surface area contributed by atoms with E-state index in [4.69, 9.17) is 9.84 Å². The van der Waals surface area contributed by atoms with E-state index >= 15 is 0 Å². The van der Waals surface area contributed by atoms with E-state index < -0.39 is 0 Å². The number of aliphatic hydroxyl groups excluding tert-OH is 1. The predicted molar refractivity (Wildman–Crippen MR) is 83.8 cm³/mol. The van der Waals surface area contributed by atoms with Gasteiger partial charge in [0, 0.05) is 24.4 Å². The molecule has 0 saturated heterocycles. The summed E-state index contributed by atoms with van der Waals surface area (Å²) in [6, 6.07) is 13.5. The first-order chi connectivity index (χ1) is 10.2. The van der Waals surface area contributed by atoms with Crippen LogP contribution in [-0.2, 0) is 13.0 Å². The quantitative estimate of drug-likeness (QED) is 0.732. The van der Waals surface area contributed by atoms with Crippen molar-refractivity contribution in [1.29, 1.82) is 0 Å². The lowest BCUT2D eigenvalue weighted by atomic mass is 10.1. The second-order valence-corrected chi connectivity index (χ2v) is 4.85. The van der Waals surface area contributed by atoms with Crippen molar-refractivity contribution in [3.05, 3.63) is 53.6 Å². The molecule has 2 rings (SSSR count). The number of hydrogen-bond donors (Lipinski definition) is 3. The van der Waals surface area contributed by atoms with Gasteiger partial charge in [-0.15, -0.1) is 0 Å². The zero-order chi connectivity index (χ0) is 15.1. The summed E-state index contributed by atoms with van der Waals surface area (Å²) in [4.78, 5) is 0. The minimum atomic E-state index is 0.170. The number of methoxy groups -OCH3 is 1. The average Bonchev–Trinajstić information content (AvgIpc) is 2.52.